The van der Waals surface area contributed by atoms with E-state index in [9.17, 15) is 9.59 Å². The molecule has 2 amide bonds. The van der Waals surface area contributed by atoms with Gasteiger partial charge in [-0.1, -0.05) is 13.8 Å². The molecular formula is C12H23N3O4. The molecule has 1 aliphatic rings. The van der Waals surface area contributed by atoms with Gasteiger partial charge in [0.25, 0.3) is 0 Å². The summed E-state index contributed by atoms with van der Waals surface area (Å²) >= 11 is 0. The number of hydrogen-bond acceptors (Lipinski definition) is 4. The molecule has 7 nitrogen and oxygen atoms in total. The Labute approximate surface area is 113 Å². The molecule has 1 heterocycles. The summed E-state index contributed by atoms with van der Waals surface area (Å²) in [5, 5.41) is 20.4. The fraction of sp³-hybridized carbons (Fsp3) is 0.833. The molecule has 3 N–H and O–H groups in total. The van der Waals surface area contributed by atoms with Crippen LogP contribution in [0.1, 0.15) is 13.8 Å². The number of aliphatic carboxylic acids is 1. The lowest BCUT2D eigenvalue weighted by atomic mass is 10.1. The lowest BCUT2D eigenvalue weighted by Gasteiger charge is -2.35. The maximum atomic E-state index is 12.0. The number of nitrogens with one attached hydrogen (secondary N) is 1. The number of carboxylic acid groups (broad SMARTS) is 1. The number of β-amino-alcohol motifs (C(OH)–C–C–N with tert-alkyl or cyclic N) is 1. The summed E-state index contributed by atoms with van der Waals surface area (Å²) in [6, 6.07) is -1.19. The second-order valence-corrected chi connectivity index (χ2v) is 5.06. The zero-order valence-electron chi connectivity index (χ0n) is 11.5. The number of carbonyl (C=O) groups is 2. The standard InChI is InChI=1S/C12H23N3O4/c1-9(2)10(11(17)18)13-12(19)15-5-3-14(4-6-15)7-8-16/h9-10,16H,3-8H2,1-2H3,(H,13,19)(H,17,18)/t10-/m1/s1. The van der Waals surface area contributed by atoms with E-state index < -0.39 is 12.0 Å². The minimum Gasteiger partial charge on any atom is -0.480 e. The molecule has 0 unspecified atom stereocenters. The molecule has 0 bridgehead atoms. The summed E-state index contributed by atoms with van der Waals surface area (Å²) in [5.74, 6) is -1.17. The van der Waals surface area contributed by atoms with Crippen LogP contribution in [0.25, 0.3) is 0 Å². The van der Waals surface area contributed by atoms with Crippen LogP contribution >= 0.6 is 0 Å². The molecule has 7 heteroatoms. The van der Waals surface area contributed by atoms with E-state index in [0.29, 0.717) is 32.7 Å². The molecule has 110 valence electrons. The predicted molar refractivity (Wildman–Crippen MR) is 69.9 cm³/mol. The predicted octanol–water partition coefficient (Wildman–Crippen LogP) is -0.585. The van der Waals surface area contributed by atoms with Crippen molar-refractivity contribution < 1.29 is 19.8 Å². The van der Waals surface area contributed by atoms with Gasteiger partial charge in [0.2, 0.25) is 0 Å². The van der Waals surface area contributed by atoms with E-state index >= 15 is 0 Å². The normalized spacial score (nSPS) is 18.4. The molecule has 1 saturated heterocycles. The first-order valence-electron chi connectivity index (χ1n) is 6.57. The summed E-state index contributed by atoms with van der Waals surface area (Å²) in [4.78, 5) is 26.7. The van der Waals surface area contributed by atoms with Crippen LogP contribution in [-0.2, 0) is 4.79 Å². The fourth-order valence-electron chi connectivity index (χ4n) is 2.05. The van der Waals surface area contributed by atoms with Crippen LogP contribution in [0.4, 0.5) is 4.79 Å². The minimum atomic E-state index is -1.01. The van der Waals surface area contributed by atoms with Gasteiger partial charge in [-0.3, -0.25) is 4.90 Å². The highest BCUT2D eigenvalue weighted by Gasteiger charge is 2.27. The molecule has 0 radical (unpaired) electrons. The monoisotopic (exact) mass is 273 g/mol. The highest BCUT2D eigenvalue weighted by molar-refractivity contribution is 5.82. The van der Waals surface area contributed by atoms with Crippen molar-refractivity contribution in [3.05, 3.63) is 0 Å². The Morgan fingerprint density at radius 3 is 2.21 bits per heavy atom. The maximum Gasteiger partial charge on any atom is 0.326 e. The Kier molecular flexibility index (Phi) is 6.04. The van der Waals surface area contributed by atoms with E-state index in [1.165, 1.54) is 0 Å². The topological polar surface area (TPSA) is 93.1 Å². The lowest BCUT2D eigenvalue weighted by molar-refractivity contribution is -0.140. The van der Waals surface area contributed by atoms with Gasteiger partial charge < -0.3 is 20.4 Å². The zero-order valence-corrected chi connectivity index (χ0v) is 11.5. The molecule has 0 aromatic heterocycles. The third-order valence-corrected chi connectivity index (χ3v) is 3.29. The van der Waals surface area contributed by atoms with Crippen LogP contribution in [0, 0.1) is 5.92 Å². The van der Waals surface area contributed by atoms with E-state index in [4.69, 9.17) is 10.2 Å². The Morgan fingerprint density at radius 1 is 1.21 bits per heavy atom. The van der Waals surface area contributed by atoms with Crippen LogP contribution in [0.3, 0.4) is 0 Å². The van der Waals surface area contributed by atoms with Gasteiger partial charge in [0.1, 0.15) is 6.04 Å². The molecule has 0 saturated carbocycles. The molecule has 0 aromatic carbocycles. The molecule has 0 spiro atoms. The van der Waals surface area contributed by atoms with Crippen molar-refractivity contribution in [1.29, 1.82) is 0 Å². The lowest BCUT2D eigenvalue weighted by Crippen LogP contribution is -2.55. The third-order valence-electron chi connectivity index (χ3n) is 3.29. The first kappa shape index (κ1) is 15.7. The van der Waals surface area contributed by atoms with Crippen LogP contribution in [0.15, 0.2) is 0 Å². The number of urea groups is 1. The van der Waals surface area contributed by atoms with Gasteiger partial charge in [0, 0.05) is 32.7 Å². The number of aliphatic hydroxyl groups is 1. The SMILES string of the molecule is CC(C)[C@@H](NC(=O)N1CCN(CCO)CC1)C(=O)O. The zero-order chi connectivity index (χ0) is 14.4. The number of amides is 2. The smallest absolute Gasteiger partial charge is 0.326 e. The first-order valence-corrected chi connectivity index (χ1v) is 6.57. The molecular weight excluding hydrogens is 250 g/mol. The van der Waals surface area contributed by atoms with Gasteiger partial charge in [-0.05, 0) is 5.92 Å². The minimum absolute atomic E-state index is 0.112. The largest absolute Gasteiger partial charge is 0.480 e. The Balaban J connectivity index is 2.44. The molecule has 19 heavy (non-hydrogen) atoms. The Bertz CT molecular complexity index is 314. The number of hydrogen-bond donors (Lipinski definition) is 3. The van der Waals surface area contributed by atoms with Gasteiger partial charge in [-0.2, -0.15) is 0 Å². The van der Waals surface area contributed by atoms with Crippen LogP contribution in [0.5, 0.6) is 0 Å². The van der Waals surface area contributed by atoms with Crippen molar-refractivity contribution in [2.45, 2.75) is 19.9 Å². The average Bonchev–Trinajstić information content (AvgIpc) is 2.36. The number of carbonyl (C=O) groups excluding carboxylic acids is 1. The quantitative estimate of drug-likeness (QED) is 0.623. The van der Waals surface area contributed by atoms with Crippen molar-refractivity contribution in [3.8, 4) is 0 Å². The van der Waals surface area contributed by atoms with Crippen LogP contribution < -0.4 is 5.32 Å². The Hall–Kier alpha value is -1.34. The van der Waals surface area contributed by atoms with Crippen molar-refractivity contribution in [2.24, 2.45) is 5.92 Å². The van der Waals surface area contributed by atoms with Gasteiger partial charge in [-0.25, -0.2) is 9.59 Å². The molecule has 0 aliphatic carbocycles. The van der Waals surface area contributed by atoms with E-state index in [-0.39, 0.29) is 18.6 Å². The highest BCUT2D eigenvalue weighted by atomic mass is 16.4. The number of piperazine rings is 1. The molecule has 0 aromatic rings. The molecule has 1 fully saturated rings. The highest BCUT2D eigenvalue weighted by Crippen LogP contribution is 2.05. The summed E-state index contributed by atoms with van der Waals surface area (Å²) in [7, 11) is 0. The van der Waals surface area contributed by atoms with Crippen molar-refractivity contribution in [2.75, 3.05) is 39.3 Å². The van der Waals surface area contributed by atoms with Crippen LogP contribution in [-0.4, -0.2) is 77.4 Å². The van der Waals surface area contributed by atoms with E-state index in [2.05, 4.69) is 10.2 Å². The van der Waals surface area contributed by atoms with Crippen molar-refractivity contribution >= 4 is 12.0 Å². The van der Waals surface area contributed by atoms with E-state index in [1.807, 2.05) is 0 Å². The second kappa shape index (κ2) is 7.30. The second-order valence-electron chi connectivity index (χ2n) is 5.06. The number of aliphatic hydroxyl groups excluding tert-OH is 1. The molecule has 1 aliphatic heterocycles. The third kappa shape index (κ3) is 4.68. The summed E-state index contributed by atoms with van der Waals surface area (Å²) < 4.78 is 0. The van der Waals surface area contributed by atoms with Crippen molar-refractivity contribution in [3.63, 3.8) is 0 Å². The number of rotatable bonds is 5. The van der Waals surface area contributed by atoms with Gasteiger partial charge in [0.15, 0.2) is 0 Å². The fourth-order valence-corrected chi connectivity index (χ4v) is 2.05. The van der Waals surface area contributed by atoms with E-state index in [0.717, 1.165) is 0 Å². The first-order chi connectivity index (χ1) is 8.95. The molecule has 1 atom stereocenters. The number of nitrogens with zero attached hydrogens (tertiary/aromatic N) is 2. The van der Waals surface area contributed by atoms with Crippen LogP contribution in [0.2, 0.25) is 0 Å². The van der Waals surface area contributed by atoms with Gasteiger partial charge in [0.05, 0.1) is 6.61 Å². The number of carboxylic acids is 1. The van der Waals surface area contributed by atoms with Gasteiger partial charge >= 0.3 is 12.0 Å². The Morgan fingerprint density at radius 2 is 1.79 bits per heavy atom. The average molecular weight is 273 g/mol. The van der Waals surface area contributed by atoms with Crippen molar-refractivity contribution in [1.82, 2.24) is 15.1 Å². The van der Waals surface area contributed by atoms with E-state index in [1.54, 1.807) is 18.7 Å². The summed E-state index contributed by atoms with van der Waals surface area (Å²) in [6.07, 6.45) is 0. The maximum absolute atomic E-state index is 12.0. The summed E-state index contributed by atoms with van der Waals surface area (Å²) in [5.41, 5.74) is 0. The molecule has 1 rings (SSSR count). The summed E-state index contributed by atoms with van der Waals surface area (Å²) in [6.45, 7) is 6.75. The van der Waals surface area contributed by atoms with Gasteiger partial charge in [-0.15, -0.1) is 0 Å².